The molecule has 1 N–H and O–H groups in total. The fourth-order valence-corrected chi connectivity index (χ4v) is 6.56. The summed E-state index contributed by atoms with van der Waals surface area (Å²) < 4.78 is 5.09. The van der Waals surface area contributed by atoms with Gasteiger partial charge in [-0.15, -0.1) is 23.1 Å². The number of thioether (sulfide) groups is 1. The first-order chi connectivity index (χ1) is 17.7. The molecule has 1 saturated carbocycles. The van der Waals surface area contributed by atoms with E-state index in [4.69, 9.17) is 4.74 Å². The third-order valence-corrected chi connectivity index (χ3v) is 8.87. The summed E-state index contributed by atoms with van der Waals surface area (Å²) in [5.41, 5.74) is 3.87. The van der Waals surface area contributed by atoms with Gasteiger partial charge in [0.1, 0.15) is 16.7 Å². The Morgan fingerprint density at radius 3 is 2.49 bits per heavy atom. The number of aliphatic imine (C=N–C) groups is 1. The SMILES string of the molecule is COC(=O)c1sc(-c2cnc(NC(=O)C3CSC=N3)c(C)c2)cc1N(C(=O)C1CCC(C)CC1)C(C)C. The van der Waals surface area contributed by atoms with Crippen molar-refractivity contribution in [3.8, 4) is 10.4 Å². The van der Waals surface area contributed by atoms with E-state index in [0.717, 1.165) is 41.7 Å². The molecule has 4 rings (SSSR count). The number of esters is 1. The van der Waals surface area contributed by atoms with E-state index in [-0.39, 0.29) is 23.8 Å². The Morgan fingerprint density at radius 2 is 1.89 bits per heavy atom. The first-order valence-electron chi connectivity index (χ1n) is 12.7. The number of carbonyl (C=O) groups excluding carboxylic acids is 3. The van der Waals surface area contributed by atoms with Crippen molar-refractivity contribution in [2.75, 3.05) is 23.1 Å². The highest BCUT2D eigenvalue weighted by Gasteiger charge is 2.34. The van der Waals surface area contributed by atoms with Gasteiger partial charge in [-0.1, -0.05) is 6.92 Å². The fourth-order valence-electron chi connectivity index (χ4n) is 4.77. The van der Waals surface area contributed by atoms with Gasteiger partial charge >= 0.3 is 5.97 Å². The van der Waals surface area contributed by atoms with Crippen molar-refractivity contribution in [3.63, 3.8) is 0 Å². The summed E-state index contributed by atoms with van der Waals surface area (Å²) in [6.07, 6.45) is 5.50. The molecular weight excluding hydrogens is 508 g/mol. The molecule has 2 aliphatic rings. The van der Waals surface area contributed by atoms with Gasteiger partial charge in [-0.3, -0.25) is 14.6 Å². The number of hydrogen-bond acceptors (Lipinski definition) is 8. The smallest absolute Gasteiger partial charge is 0.350 e. The molecule has 0 bridgehead atoms. The second-order valence-corrected chi connectivity index (χ2v) is 12.0. The van der Waals surface area contributed by atoms with Gasteiger partial charge in [0.15, 0.2) is 0 Å². The summed E-state index contributed by atoms with van der Waals surface area (Å²) in [5, 5.41) is 2.86. The molecule has 0 saturated heterocycles. The number of methoxy groups -OCH3 is 1. The minimum absolute atomic E-state index is 0.0399. The molecule has 0 aromatic carbocycles. The number of nitrogens with one attached hydrogen (secondary N) is 1. The van der Waals surface area contributed by atoms with Crippen LogP contribution in [0.25, 0.3) is 10.4 Å². The van der Waals surface area contributed by atoms with E-state index in [1.54, 1.807) is 16.6 Å². The van der Waals surface area contributed by atoms with Crippen molar-refractivity contribution in [1.29, 1.82) is 0 Å². The van der Waals surface area contributed by atoms with E-state index in [0.29, 0.717) is 28.1 Å². The second kappa shape index (κ2) is 11.8. The molecule has 2 aromatic rings. The molecule has 1 atom stereocenters. The van der Waals surface area contributed by atoms with Crippen LogP contribution in [0, 0.1) is 18.8 Å². The monoisotopic (exact) mass is 542 g/mol. The summed E-state index contributed by atoms with van der Waals surface area (Å²) in [5.74, 6) is 1.13. The maximum atomic E-state index is 13.7. The molecule has 1 fully saturated rings. The van der Waals surface area contributed by atoms with Gasteiger partial charge in [0.25, 0.3) is 5.91 Å². The van der Waals surface area contributed by atoms with Gasteiger partial charge in [0.05, 0.1) is 18.3 Å². The number of thiophene rings is 1. The van der Waals surface area contributed by atoms with Crippen molar-refractivity contribution in [2.24, 2.45) is 16.8 Å². The number of anilines is 2. The second-order valence-electron chi connectivity index (χ2n) is 10.1. The fraction of sp³-hybridized carbons (Fsp3) is 0.519. The lowest BCUT2D eigenvalue weighted by molar-refractivity contribution is -0.124. The molecule has 0 spiro atoms. The third-order valence-electron chi connectivity index (χ3n) is 6.94. The summed E-state index contributed by atoms with van der Waals surface area (Å²) in [6, 6.07) is 3.29. The van der Waals surface area contributed by atoms with Crippen LogP contribution >= 0.6 is 23.1 Å². The number of carbonyl (C=O) groups is 3. The zero-order valence-corrected chi connectivity index (χ0v) is 23.6. The number of ether oxygens (including phenoxy) is 1. The molecule has 1 aliphatic heterocycles. The Balaban J connectivity index is 1.64. The lowest BCUT2D eigenvalue weighted by Gasteiger charge is -2.33. The average molecular weight is 543 g/mol. The molecule has 37 heavy (non-hydrogen) atoms. The number of pyridine rings is 1. The predicted molar refractivity (Wildman–Crippen MR) is 151 cm³/mol. The first kappa shape index (κ1) is 27.3. The van der Waals surface area contributed by atoms with Crippen LogP contribution in [0.5, 0.6) is 0 Å². The van der Waals surface area contributed by atoms with E-state index in [9.17, 15) is 14.4 Å². The Morgan fingerprint density at radius 1 is 1.16 bits per heavy atom. The van der Waals surface area contributed by atoms with Gasteiger partial charge in [-0.05, 0) is 70.1 Å². The van der Waals surface area contributed by atoms with Gasteiger partial charge < -0.3 is 15.0 Å². The minimum atomic E-state index is -0.467. The Labute approximate surface area is 226 Å². The highest BCUT2D eigenvalue weighted by Crippen LogP contribution is 2.40. The Bertz CT molecular complexity index is 1200. The van der Waals surface area contributed by atoms with Gasteiger partial charge in [-0.25, -0.2) is 9.78 Å². The standard InChI is InChI=1S/C27H34N4O4S2/c1-15(2)31(26(33)18-8-6-16(3)7-9-18)21-11-22(37-23(21)27(34)35-5)19-10-17(4)24(28-12-19)30-25(32)20-13-36-14-29-20/h10-12,14-16,18,20H,6-9,13H2,1-5H3,(H,28,30,32). The zero-order chi connectivity index (χ0) is 26.7. The number of rotatable bonds is 7. The van der Waals surface area contributed by atoms with Crippen LogP contribution in [0.15, 0.2) is 23.3 Å². The molecule has 1 unspecified atom stereocenters. The maximum Gasteiger partial charge on any atom is 0.350 e. The quantitative estimate of drug-likeness (QED) is 0.460. The zero-order valence-electron chi connectivity index (χ0n) is 21.9. The van der Waals surface area contributed by atoms with E-state index >= 15 is 0 Å². The highest BCUT2D eigenvalue weighted by molar-refractivity contribution is 8.12. The molecule has 1 aliphatic carbocycles. The third kappa shape index (κ3) is 6.06. The summed E-state index contributed by atoms with van der Waals surface area (Å²) in [6.45, 7) is 8.05. The van der Waals surface area contributed by atoms with E-state index in [1.807, 2.05) is 32.9 Å². The van der Waals surface area contributed by atoms with Gasteiger partial charge in [-0.2, -0.15) is 0 Å². The first-order valence-corrected chi connectivity index (χ1v) is 14.5. The number of aromatic nitrogens is 1. The lowest BCUT2D eigenvalue weighted by atomic mass is 9.82. The van der Waals surface area contributed by atoms with Crippen molar-refractivity contribution < 1.29 is 19.1 Å². The molecule has 3 heterocycles. The number of amides is 2. The Kier molecular flexibility index (Phi) is 8.69. The van der Waals surface area contributed by atoms with Crippen LogP contribution < -0.4 is 10.2 Å². The van der Waals surface area contributed by atoms with Crippen LogP contribution in [0.2, 0.25) is 0 Å². The van der Waals surface area contributed by atoms with Crippen LogP contribution in [-0.2, 0) is 14.3 Å². The molecule has 2 amide bonds. The van der Waals surface area contributed by atoms with Crippen molar-refractivity contribution in [3.05, 3.63) is 28.8 Å². The largest absolute Gasteiger partial charge is 0.465 e. The molecule has 0 radical (unpaired) electrons. The summed E-state index contributed by atoms with van der Waals surface area (Å²) >= 11 is 2.80. The van der Waals surface area contributed by atoms with E-state index in [1.165, 1.54) is 30.2 Å². The number of hydrogen-bond donors (Lipinski definition) is 1. The Hall–Kier alpha value is -2.72. The highest BCUT2D eigenvalue weighted by atomic mass is 32.2. The molecule has 8 nitrogen and oxygen atoms in total. The summed E-state index contributed by atoms with van der Waals surface area (Å²) in [4.78, 5) is 50.6. The van der Waals surface area contributed by atoms with E-state index < -0.39 is 12.0 Å². The summed E-state index contributed by atoms with van der Waals surface area (Å²) in [7, 11) is 1.35. The van der Waals surface area contributed by atoms with Crippen molar-refractivity contribution >= 4 is 57.9 Å². The maximum absolute atomic E-state index is 13.7. The van der Waals surface area contributed by atoms with Gasteiger partial charge in [0.2, 0.25) is 5.91 Å². The van der Waals surface area contributed by atoms with Crippen LogP contribution in [0.1, 0.15) is 61.7 Å². The number of aryl methyl sites for hydroxylation is 1. The van der Waals surface area contributed by atoms with E-state index in [2.05, 4.69) is 22.2 Å². The van der Waals surface area contributed by atoms with Crippen LogP contribution in [-0.4, -0.2) is 53.3 Å². The topological polar surface area (TPSA) is 101 Å². The van der Waals surface area contributed by atoms with Crippen molar-refractivity contribution in [1.82, 2.24) is 4.98 Å². The minimum Gasteiger partial charge on any atom is -0.465 e. The lowest BCUT2D eigenvalue weighted by Crippen LogP contribution is -2.42. The molecule has 198 valence electrons. The number of nitrogens with zero attached hydrogens (tertiary/aromatic N) is 3. The predicted octanol–water partition coefficient (Wildman–Crippen LogP) is 5.56. The van der Waals surface area contributed by atoms with Crippen LogP contribution in [0.3, 0.4) is 0 Å². The molecule has 10 heteroatoms. The normalized spacial score (nSPS) is 21.2. The van der Waals surface area contributed by atoms with Gasteiger partial charge in [0, 0.05) is 34.4 Å². The van der Waals surface area contributed by atoms with Crippen LogP contribution in [0.4, 0.5) is 11.5 Å². The average Bonchev–Trinajstić information content (AvgIpc) is 3.56. The molecular formula is C27H34N4O4S2. The molecule has 2 aromatic heterocycles. The van der Waals surface area contributed by atoms with Crippen molar-refractivity contribution in [2.45, 2.75) is 65.5 Å².